The van der Waals surface area contributed by atoms with Crippen LogP contribution >= 0.6 is 11.3 Å². The summed E-state index contributed by atoms with van der Waals surface area (Å²) in [7, 11) is 0. The topological polar surface area (TPSA) is 55.1 Å². The molecule has 3 N–H and O–H groups in total. The molecule has 1 aromatic rings. The third-order valence-corrected chi connectivity index (χ3v) is 4.01. The minimum atomic E-state index is -0.0208. The quantitative estimate of drug-likeness (QED) is 0.833. The van der Waals surface area contributed by atoms with E-state index in [0.29, 0.717) is 6.42 Å². The second kappa shape index (κ2) is 6.90. The van der Waals surface area contributed by atoms with Crippen molar-refractivity contribution in [2.24, 2.45) is 5.73 Å². The summed E-state index contributed by atoms with van der Waals surface area (Å²) >= 11 is 1.77. The van der Waals surface area contributed by atoms with Gasteiger partial charge in [0.2, 0.25) is 5.91 Å². The van der Waals surface area contributed by atoms with Crippen LogP contribution in [0, 0.1) is 13.8 Å². The largest absolute Gasteiger partial charge is 0.349 e. The van der Waals surface area contributed by atoms with E-state index in [2.05, 4.69) is 32.2 Å². The summed E-state index contributed by atoms with van der Waals surface area (Å²) < 4.78 is 0. The molecule has 2 atom stereocenters. The van der Waals surface area contributed by atoms with Gasteiger partial charge in [0.15, 0.2) is 0 Å². The van der Waals surface area contributed by atoms with E-state index in [1.54, 1.807) is 11.3 Å². The molecule has 4 heteroatoms. The van der Waals surface area contributed by atoms with Gasteiger partial charge in [0, 0.05) is 22.2 Å². The zero-order chi connectivity index (χ0) is 13.7. The Bertz CT molecular complexity index is 400. The van der Waals surface area contributed by atoms with Crippen LogP contribution in [0.1, 0.15) is 54.5 Å². The number of hydrogen-bond acceptors (Lipinski definition) is 3. The molecule has 1 aromatic heterocycles. The summed E-state index contributed by atoms with van der Waals surface area (Å²) in [5, 5.41) is 3.03. The van der Waals surface area contributed by atoms with Gasteiger partial charge in [0.05, 0.1) is 6.04 Å². The van der Waals surface area contributed by atoms with Gasteiger partial charge in [0.1, 0.15) is 0 Å². The molecule has 0 radical (unpaired) electrons. The minimum Gasteiger partial charge on any atom is -0.349 e. The molecule has 0 bridgehead atoms. The Morgan fingerprint density at radius 3 is 2.67 bits per heavy atom. The van der Waals surface area contributed by atoms with Gasteiger partial charge in [-0.3, -0.25) is 4.79 Å². The maximum atomic E-state index is 11.8. The number of carbonyl (C=O) groups excluding carboxylic acids is 1. The number of hydrogen-bond donors (Lipinski definition) is 2. The van der Waals surface area contributed by atoms with Crippen molar-refractivity contribution in [2.45, 2.75) is 59.0 Å². The maximum absolute atomic E-state index is 11.8. The first kappa shape index (κ1) is 15.2. The Labute approximate surface area is 114 Å². The highest BCUT2D eigenvalue weighted by molar-refractivity contribution is 7.12. The highest BCUT2D eigenvalue weighted by atomic mass is 32.1. The van der Waals surface area contributed by atoms with E-state index in [-0.39, 0.29) is 18.0 Å². The van der Waals surface area contributed by atoms with E-state index in [1.807, 2.05) is 6.92 Å². The molecule has 0 aliphatic carbocycles. The molecule has 2 unspecified atom stereocenters. The molecule has 3 nitrogen and oxygen atoms in total. The molecule has 0 saturated heterocycles. The van der Waals surface area contributed by atoms with Crippen molar-refractivity contribution in [3.8, 4) is 0 Å². The summed E-state index contributed by atoms with van der Waals surface area (Å²) in [6, 6.07) is 2.19. The molecular weight excluding hydrogens is 244 g/mol. The summed E-state index contributed by atoms with van der Waals surface area (Å²) in [6.07, 6.45) is 2.34. The van der Waals surface area contributed by atoms with E-state index < -0.39 is 0 Å². The third-order valence-electron chi connectivity index (χ3n) is 3.03. The lowest BCUT2D eigenvalue weighted by Crippen LogP contribution is -2.33. The average molecular weight is 268 g/mol. The predicted molar refractivity (Wildman–Crippen MR) is 77.9 cm³/mol. The molecule has 0 aromatic carbocycles. The second-order valence-electron chi connectivity index (χ2n) is 4.91. The molecule has 0 aliphatic rings. The number of aryl methyl sites for hydroxylation is 2. The van der Waals surface area contributed by atoms with Crippen molar-refractivity contribution in [1.29, 1.82) is 0 Å². The number of thiophene rings is 1. The van der Waals surface area contributed by atoms with Gasteiger partial charge >= 0.3 is 0 Å². The number of nitrogens with one attached hydrogen (secondary N) is 1. The zero-order valence-electron chi connectivity index (χ0n) is 11.7. The van der Waals surface area contributed by atoms with Gasteiger partial charge in [-0.25, -0.2) is 0 Å². The van der Waals surface area contributed by atoms with Gasteiger partial charge in [0.25, 0.3) is 0 Å². The first-order chi connectivity index (χ1) is 8.43. The van der Waals surface area contributed by atoms with Crippen LogP contribution in [0.3, 0.4) is 0 Å². The van der Waals surface area contributed by atoms with E-state index in [4.69, 9.17) is 5.73 Å². The van der Waals surface area contributed by atoms with E-state index >= 15 is 0 Å². The van der Waals surface area contributed by atoms with Gasteiger partial charge in [-0.15, -0.1) is 11.3 Å². The number of carbonyl (C=O) groups is 1. The lowest BCUT2D eigenvalue weighted by molar-refractivity contribution is -0.122. The summed E-state index contributed by atoms with van der Waals surface area (Å²) in [6.45, 7) is 8.29. The number of rotatable bonds is 6. The molecule has 1 amide bonds. The molecule has 0 saturated carbocycles. The summed E-state index contributed by atoms with van der Waals surface area (Å²) in [5.41, 5.74) is 7.09. The molecular formula is C14H24N2OS. The van der Waals surface area contributed by atoms with Gasteiger partial charge < -0.3 is 11.1 Å². The SMILES string of the molecule is CCCC(N)CC(=O)NC(C)c1cc(C)sc1C. The van der Waals surface area contributed by atoms with Crippen LogP contribution in [0.5, 0.6) is 0 Å². The fourth-order valence-electron chi connectivity index (χ4n) is 2.17. The van der Waals surface area contributed by atoms with Crippen molar-refractivity contribution in [1.82, 2.24) is 5.32 Å². The number of amides is 1. The van der Waals surface area contributed by atoms with Crippen LogP contribution in [0.15, 0.2) is 6.07 Å². The van der Waals surface area contributed by atoms with Crippen molar-refractivity contribution < 1.29 is 4.79 Å². The summed E-state index contributed by atoms with van der Waals surface area (Å²) in [5.74, 6) is 0.0479. The normalized spacial score (nSPS) is 14.3. The molecule has 1 rings (SSSR count). The Kier molecular flexibility index (Phi) is 5.82. The van der Waals surface area contributed by atoms with Crippen LogP contribution in [-0.4, -0.2) is 11.9 Å². The smallest absolute Gasteiger partial charge is 0.222 e. The van der Waals surface area contributed by atoms with Crippen LogP contribution in [0.2, 0.25) is 0 Å². The van der Waals surface area contributed by atoms with Crippen molar-refractivity contribution in [2.75, 3.05) is 0 Å². The zero-order valence-corrected chi connectivity index (χ0v) is 12.6. The molecule has 0 aliphatic heterocycles. The Balaban J connectivity index is 2.52. The van der Waals surface area contributed by atoms with E-state index in [0.717, 1.165) is 12.8 Å². The monoisotopic (exact) mass is 268 g/mol. The minimum absolute atomic E-state index is 0.0208. The van der Waals surface area contributed by atoms with Crippen molar-refractivity contribution in [3.63, 3.8) is 0 Å². The van der Waals surface area contributed by atoms with Gasteiger partial charge in [-0.05, 0) is 38.8 Å². The first-order valence-electron chi connectivity index (χ1n) is 6.55. The summed E-state index contributed by atoms with van der Waals surface area (Å²) in [4.78, 5) is 14.4. The Hall–Kier alpha value is -0.870. The molecule has 1 heterocycles. The highest BCUT2D eigenvalue weighted by Gasteiger charge is 2.15. The lowest BCUT2D eigenvalue weighted by atomic mass is 10.1. The van der Waals surface area contributed by atoms with Gasteiger partial charge in [-0.1, -0.05) is 13.3 Å². The Morgan fingerprint density at radius 2 is 2.17 bits per heavy atom. The molecule has 0 spiro atoms. The standard InChI is InChI=1S/C14H24N2OS/c1-5-6-12(15)8-14(17)16-10(3)13-7-9(2)18-11(13)4/h7,10,12H,5-6,8,15H2,1-4H3,(H,16,17). The number of nitrogens with two attached hydrogens (primary N) is 1. The average Bonchev–Trinajstić information content (AvgIpc) is 2.57. The second-order valence-corrected chi connectivity index (χ2v) is 6.37. The van der Waals surface area contributed by atoms with E-state index in [1.165, 1.54) is 15.3 Å². The van der Waals surface area contributed by atoms with Crippen LogP contribution < -0.4 is 11.1 Å². The molecule has 18 heavy (non-hydrogen) atoms. The Morgan fingerprint density at radius 1 is 1.50 bits per heavy atom. The van der Waals surface area contributed by atoms with E-state index in [9.17, 15) is 4.79 Å². The fourth-order valence-corrected chi connectivity index (χ4v) is 3.19. The maximum Gasteiger partial charge on any atom is 0.222 e. The highest BCUT2D eigenvalue weighted by Crippen LogP contribution is 2.26. The van der Waals surface area contributed by atoms with Crippen LogP contribution in [-0.2, 0) is 4.79 Å². The van der Waals surface area contributed by atoms with Crippen LogP contribution in [0.4, 0.5) is 0 Å². The van der Waals surface area contributed by atoms with Crippen LogP contribution in [0.25, 0.3) is 0 Å². The lowest BCUT2D eigenvalue weighted by Gasteiger charge is -2.16. The third kappa shape index (κ3) is 4.42. The predicted octanol–water partition coefficient (Wildman–Crippen LogP) is 3.06. The molecule has 0 fully saturated rings. The van der Waals surface area contributed by atoms with Crippen molar-refractivity contribution in [3.05, 3.63) is 21.4 Å². The van der Waals surface area contributed by atoms with Crippen molar-refractivity contribution >= 4 is 17.2 Å². The first-order valence-corrected chi connectivity index (χ1v) is 7.37. The fraction of sp³-hybridized carbons (Fsp3) is 0.643. The molecule has 102 valence electrons. The van der Waals surface area contributed by atoms with Gasteiger partial charge in [-0.2, -0.15) is 0 Å².